The number of rotatable bonds is 3. The normalized spacial score (nSPS) is 19.0. The van der Waals surface area contributed by atoms with Gasteiger partial charge in [0, 0.05) is 18.7 Å². The molecular weight excluding hydrogens is 279 g/mol. The molecule has 3 rings (SSSR count). The Kier molecular flexibility index (Phi) is 3.95. The summed E-state index contributed by atoms with van der Waals surface area (Å²) in [5.74, 6) is 0.862. The van der Waals surface area contributed by atoms with Crippen LogP contribution >= 0.6 is 11.3 Å². The highest BCUT2D eigenvalue weighted by Gasteiger charge is 2.20. The standard InChI is InChI=1S/C14H15FN2O2S/c1-9-14(17-8-20-9)19-10-2-3-12(15)11(6-10)13-7-16-4-5-18-13/h2-3,6,8,13,16H,4-5,7H2,1H3. The molecule has 0 radical (unpaired) electrons. The molecule has 0 bridgehead atoms. The van der Waals surface area contributed by atoms with E-state index < -0.39 is 0 Å². The lowest BCUT2D eigenvalue weighted by atomic mass is 10.1. The van der Waals surface area contributed by atoms with Gasteiger partial charge in [0.1, 0.15) is 11.6 Å². The van der Waals surface area contributed by atoms with E-state index in [-0.39, 0.29) is 11.9 Å². The molecule has 2 heterocycles. The predicted molar refractivity (Wildman–Crippen MR) is 74.9 cm³/mol. The first-order valence-electron chi connectivity index (χ1n) is 6.44. The molecule has 1 unspecified atom stereocenters. The third-order valence-corrected chi connectivity index (χ3v) is 3.90. The molecule has 1 atom stereocenters. The molecular formula is C14H15FN2O2S. The average Bonchev–Trinajstić information content (AvgIpc) is 2.87. The zero-order valence-electron chi connectivity index (χ0n) is 11.1. The van der Waals surface area contributed by atoms with Crippen molar-refractivity contribution in [3.8, 4) is 11.6 Å². The minimum absolute atomic E-state index is 0.274. The summed E-state index contributed by atoms with van der Waals surface area (Å²) in [6.45, 7) is 3.93. The summed E-state index contributed by atoms with van der Waals surface area (Å²) in [7, 11) is 0. The lowest BCUT2D eigenvalue weighted by Gasteiger charge is -2.24. The Balaban J connectivity index is 1.84. The van der Waals surface area contributed by atoms with E-state index in [2.05, 4.69) is 10.3 Å². The van der Waals surface area contributed by atoms with Crippen LogP contribution in [0.25, 0.3) is 0 Å². The van der Waals surface area contributed by atoms with E-state index in [0.29, 0.717) is 30.3 Å². The Morgan fingerprint density at radius 2 is 2.40 bits per heavy atom. The van der Waals surface area contributed by atoms with Crippen molar-refractivity contribution in [3.05, 3.63) is 40.0 Å². The van der Waals surface area contributed by atoms with Crippen molar-refractivity contribution in [2.75, 3.05) is 19.7 Å². The summed E-state index contributed by atoms with van der Waals surface area (Å²) >= 11 is 1.51. The molecule has 1 aromatic heterocycles. The highest BCUT2D eigenvalue weighted by atomic mass is 32.1. The van der Waals surface area contributed by atoms with Gasteiger partial charge in [-0.3, -0.25) is 0 Å². The van der Waals surface area contributed by atoms with Crippen molar-refractivity contribution >= 4 is 11.3 Å². The number of aryl methyl sites for hydroxylation is 1. The molecule has 1 fully saturated rings. The average molecular weight is 294 g/mol. The van der Waals surface area contributed by atoms with Gasteiger partial charge >= 0.3 is 0 Å². The van der Waals surface area contributed by atoms with Gasteiger partial charge in [-0.15, -0.1) is 11.3 Å². The zero-order chi connectivity index (χ0) is 13.9. The molecule has 1 N–H and O–H groups in total. The molecule has 2 aromatic rings. The number of nitrogens with zero attached hydrogens (tertiary/aromatic N) is 1. The summed E-state index contributed by atoms with van der Waals surface area (Å²) in [5.41, 5.74) is 2.24. The van der Waals surface area contributed by atoms with Crippen molar-refractivity contribution in [2.45, 2.75) is 13.0 Å². The number of hydrogen-bond acceptors (Lipinski definition) is 5. The van der Waals surface area contributed by atoms with Crippen molar-refractivity contribution in [3.63, 3.8) is 0 Å². The summed E-state index contributed by atoms with van der Waals surface area (Å²) < 4.78 is 25.2. The van der Waals surface area contributed by atoms with Crippen LogP contribution in [0, 0.1) is 12.7 Å². The Morgan fingerprint density at radius 1 is 1.50 bits per heavy atom. The fourth-order valence-corrected chi connectivity index (χ4v) is 2.60. The van der Waals surface area contributed by atoms with Crippen molar-refractivity contribution in [2.24, 2.45) is 0 Å². The number of nitrogens with one attached hydrogen (secondary N) is 1. The smallest absolute Gasteiger partial charge is 0.233 e. The van der Waals surface area contributed by atoms with Crippen LogP contribution in [-0.4, -0.2) is 24.7 Å². The van der Waals surface area contributed by atoms with Gasteiger partial charge in [0.05, 0.1) is 23.1 Å². The molecule has 0 saturated carbocycles. The summed E-state index contributed by atoms with van der Waals surface area (Å²) in [6.07, 6.45) is -0.274. The van der Waals surface area contributed by atoms with Crippen molar-refractivity contribution in [1.82, 2.24) is 10.3 Å². The number of hydrogen-bond donors (Lipinski definition) is 1. The minimum atomic E-state index is -0.277. The number of benzene rings is 1. The lowest BCUT2D eigenvalue weighted by molar-refractivity contribution is 0.0254. The fourth-order valence-electron chi connectivity index (χ4n) is 2.10. The van der Waals surface area contributed by atoms with Gasteiger partial charge in [-0.1, -0.05) is 0 Å². The molecule has 106 valence electrons. The van der Waals surface area contributed by atoms with Crippen LogP contribution in [0.4, 0.5) is 4.39 Å². The van der Waals surface area contributed by atoms with Crippen LogP contribution < -0.4 is 10.1 Å². The van der Waals surface area contributed by atoms with Crippen LogP contribution in [-0.2, 0) is 4.74 Å². The molecule has 0 aliphatic carbocycles. The first-order valence-corrected chi connectivity index (χ1v) is 7.31. The van der Waals surface area contributed by atoms with Gasteiger partial charge in [0.25, 0.3) is 0 Å². The van der Waals surface area contributed by atoms with Gasteiger partial charge < -0.3 is 14.8 Å². The monoisotopic (exact) mass is 294 g/mol. The Labute approximate surface area is 120 Å². The second-order valence-electron chi connectivity index (χ2n) is 4.56. The highest BCUT2D eigenvalue weighted by Crippen LogP contribution is 2.30. The Bertz CT molecular complexity index is 597. The van der Waals surface area contributed by atoms with E-state index >= 15 is 0 Å². The maximum Gasteiger partial charge on any atom is 0.233 e. The van der Waals surface area contributed by atoms with Crippen LogP contribution in [0.1, 0.15) is 16.5 Å². The molecule has 4 nitrogen and oxygen atoms in total. The molecule has 1 aliphatic rings. The minimum Gasteiger partial charge on any atom is -0.438 e. The highest BCUT2D eigenvalue weighted by molar-refractivity contribution is 7.09. The maximum absolute atomic E-state index is 13.9. The van der Waals surface area contributed by atoms with E-state index in [9.17, 15) is 4.39 Å². The Hall–Kier alpha value is -1.50. The van der Waals surface area contributed by atoms with Crippen LogP contribution in [0.3, 0.4) is 0 Å². The van der Waals surface area contributed by atoms with Gasteiger partial charge in [-0.2, -0.15) is 0 Å². The zero-order valence-corrected chi connectivity index (χ0v) is 11.9. The van der Waals surface area contributed by atoms with Gasteiger partial charge in [0.2, 0.25) is 5.88 Å². The molecule has 0 amide bonds. The number of morpholine rings is 1. The van der Waals surface area contributed by atoms with Crippen LogP contribution in [0.15, 0.2) is 23.7 Å². The van der Waals surface area contributed by atoms with E-state index in [4.69, 9.17) is 9.47 Å². The molecule has 1 aromatic carbocycles. The Morgan fingerprint density at radius 3 is 3.10 bits per heavy atom. The lowest BCUT2D eigenvalue weighted by Crippen LogP contribution is -2.33. The number of halogens is 1. The van der Waals surface area contributed by atoms with Gasteiger partial charge in [0.15, 0.2) is 0 Å². The third-order valence-electron chi connectivity index (χ3n) is 3.16. The number of thiazole rings is 1. The van der Waals surface area contributed by atoms with Gasteiger partial charge in [-0.25, -0.2) is 9.37 Å². The van der Waals surface area contributed by atoms with Crippen molar-refractivity contribution in [1.29, 1.82) is 0 Å². The van der Waals surface area contributed by atoms with Crippen LogP contribution in [0.2, 0.25) is 0 Å². The molecule has 1 aliphatic heterocycles. The first kappa shape index (κ1) is 13.5. The van der Waals surface area contributed by atoms with Crippen LogP contribution in [0.5, 0.6) is 11.6 Å². The predicted octanol–water partition coefficient (Wildman–Crippen LogP) is 3.04. The largest absolute Gasteiger partial charge is 0.438 e. The van der Waals surface area contributed by atoms with Gasteiger partial charge in [-0.05, 0) is 25.1 Å². The van der Waals surface area contributed by atoms with E-state index in [1.54, 1.807) is 17.6 Å². The summed E-state index contributed by atoms with van der Waals surface area (Å²) in [5, 5.41) is 3.19. The summed E-state index contributed by atoms with van der Waals surface area (Å²) in [6, 6.07) is 4.70. The molecule has 6 heteroatoms. The molecule has 1 saturated heterocycles. The number of aromatic nitrogens is 1. The number of ether oxygens (including phenoxy) is 2. The second-order valence-corrected chi connectivity index (χ2v) is 5.62. The van der Waals surface area contributed by atoms with E-state index in [0.717, 1.165) is 11.4 Å². The first-order chi connectivity index (χ1) is 9.74. The van der Waals surface area contributed by atoms with E-state index in [1.165, 1.54) is 17.4 Å². The quantitative estimate of drug-likeness (QED) is 0.945. The topological polar surface area (TPSA) is 43.4 Å². The second kappa shape index (κ2) is 5.87. The summed E-state index contributed by atoms with van der Waals surface area (Å²) in [4.78, 5) is 5.13. The maximum atomic E-state index is 13.9. The molecule has 20 heavy (non-hydrogen) atoms. The van der Waals surface area contributed by atoms with Crippen molar-refractivity contribution < 1.29 is 13.9 Å². The SMILES string of the molecule is Cc1scnc1Oc1ccc(F)c(C2CNCCO2)c1. The van der Waals surface area contributed by atoms with E-state index in [1.807, 2.05) is 6.92 Å². The fraction of sp³-hybridized carbons (Fsp3) is 0.357. The molecule has 0 spiro atoms. The third kappa shape index (κ3) is 2.82.